The van der Waals surface area contributed by atoms with Crippen LogP contribution in [-0.4, -0.2) is 0 Å². The number of benzene rings is 2. The second-order valence-corrected chi connectivity index (χ2v) is 12.3. The van der Waals surface area contributed by atoms with Crippen LogP contribution < -0.4 is 4.57 Å². The van der Waals surface area contributed by atoms with Crippen LogP contribution in [0.2, 0.25) is 0 Å². The molecule has 1 fully saturated rings. The summed E-state index contributed by atoms with van der Waals surface area (Å²) in [5, 5.41) is 2.49. The maximum atomic E-state index is 6.92. The molecule has 34 heavy (non-hydrogen) atoms. The number of rotatable bonds is 2. The van der Waals surface area contributed by atoms with Crippen molar-refractivity contribution in [3.05, 3.63) is 64.8 Å². The Kier molecular flexibility index (Phi) is 4.79. The predicted octanol–water partition coefficient (Wildman–Crippen LogP) is 8.39. The zero-order valence-corrected chi connectivity index (χ0v) is 21.7. The van der Waals surface area contributed by atoms with Crippen LogP contribution in [0.4, 0.5) is 0 Å². The molecule has 0 N–H and O–H groups in total. The van der Waals surface area contributed by atoms with Gasteiger partial charge in [-0.2, -0.15) is 0 Å². The Morgan fingerprint density at radius 3 is 2.24 bits per heavy atom. The third kappa shape index (κ3) is 3.17. The summed E-state index contributed by atoms with van der Waals surface area (Å²) in [4.78, 5) is 0. The van der Waals surface area contributed by atoms with Crippen LogP contribution in [0.25, 0.3) is 33.2 Å². The van der Waals surface area contributed by atoms with Crippen LogP contribution in [0.3, 0.4) is 0 Å². The van der Waals surface area contributed by atoms with Gasteiger partial charge in [-0.25, -0.2) is 4.57 Å². The fourth-order valence-corrected chi connectivity index (χ4v) is 6.83. The zero-order valence-electron chi connectivity index (χ0n) is 21.7. The van der Waals surface area contributed by atoms with Crippen molar-refractivity contribution in [2.45, 2.75) is 89.9 Å². The Morgan fingerprint density at radius 1 is 0.824 bits per heavy atom. The van der Waals surface area contributed by atoms with Crippen molar-refractivity contribution < 1.29 is 8.98 Å². The maximum Gasteiger partial charge on any atom is 0.216 e. The summed E-state index contributed by atoms with van der Waals surface area (Å²) in [6, 6.07) is 13.9. The van der Waals surface area contributed by atoms with E-state index in [9.17, 15) is 0 Å². The molecule has 2 heteroatoms. The van der Waals surface area contributed by atoms with Crippen molar-refractivity contribution in [3.8, 4) is 11.3 Å². The van der Waals surface area contributed by atoms with Crippen LogP contribution in [0.15, 0.2) is 47.0 Å². The highest BCUT2D eigenvalue weighted by atomic mass is 16.3. The van der Waals surface area contributed by atoms with Crippen LogP contribution in [0.1, 0.15) is 94.4 Å². The summed E-state index contributed by atoms with van der Waals surface area (Å²) in [5.41, 5.74) is 10.5. The predicted molar refractivity (Wildman–Crippen MR) is 142 cm³/mol. The first-order chi connectivity index (χ1) is 16.2. The minimum Gasteiger partial charge on any atom is -0.455 e. The van der Waals surface area contributed by atoms with E-state index in [1.165, 1.54) is 82.8 Å². The lowest BCUT2D eigenvalue weighted by Gasteiger charge is -2.41. The molecule has 2 nitrogen and oxygen atoms in total. The highest BCUT2D eigenvalue weighted by molar-refractivity contribution is 6.11. The molecule has 0 saturated heterocycles. The molecule has 2 aromatic heterocycles. The van der Waals surface area contributed by atoms with Gasteiger partial charge in [0.1, 0.15) is 18.2 Å². The average molecular weight is 453 g/mol. The SMILES string of the molecule is Cc1ccc2c(oc3c4c(ccc32)C(C)(C)CCC4(C)C)c1-c1ccc(C2CCCC2)c[n+]1C. The first-order valence-electron chi connectivity index (χ1n) is 13.2. The van der Waals surface area contributed by atoms with Crippen molar-refractivity contribution in [1.29, 1.82) is 0 Å². The summed E-state index contributed by atoms with van der Waals surface area (Å²) >= 11 is 0. The molecule has 4 aromatic rings. The van der Waals surface area contributed by atoms with Crippen LogP contribution in [-0.2, 0) is 17.9 Å². The summed E-state index contributed by atoms with van der Waals surface area (Å²) in [6.45, 7) is 11.8. The Labute approximate surface area is 204 Å². The van der Waals surface area contributed by atoms with Gasteiger partial charge in [0, 0.05) is 28.0 Å². The molecular weight excluding hydrogens is 414 g/mol. The Morgan fingerprint density at radius 2 is 1.50 bits per heavy atom. The van der Waals surface area contributed by atoms with E-state index in [0.717, 1.165) is 17.1 Å². The minimum absolute atomic E-state index is 0.112. The second kappa shape index (κ2) is 7.44. The van der Waals surface area contributed by atoms with Gasteiger partial charge in [0.2, 0.25) is 5.69 Å². The molecule has 176 valence electrons. The van der Waals surface area contributed by atoms with Gasteiger partial charge in [0.25, 0.3) is 0 Å². The van der Waals surface area contributed by atoms with Gasteiger partial charge in [0.15, 0.2) is 6.20 Å². The standard InChI is InChI=1S/C32H38NO/c1-20-11-13-23-24-14-15-25-28(32(4,5)18-17-31(25,2)3)30(24)34-29(23)27(20)26-16-12-22(19-33(26)6)21-9-7-8-10-21/h11-16,19,21H,7-10,17-18H2,1-6H3/q+1. The number of fused-ring (bicyclic) bond motifs is 5. The number of furan rings is 1. The first kappa shape index (κ1) is 21.9. The largest absolute Gasteiger partial charge is 0.455 e. The van der Waals surface area contributed by atoms with Crippen molar-refractivity contribution in [2.24, 2.45) is 7.05 Å². The van der Waals surface area contributed by atoms with E-state index in [0.29, 0.717) is 0 Å². The summed E-state index contributed by atoms with van der Waals surface area (Å²) in [7, 11) is 2.20. The van der Waals surface area contributed by atoms with E-state index in [4.69, 9.17) is 4.42 Å². The van der Waals surface area contributed by atoms with Crippen LogP contribution >= 0.6 is 0 Å². The molecule has 2 aromatic carbocycles. The molecule has 0 unspecified atom stereocenters. The van der Waals surface area contributed by atoms with E-state index in [-0.39, 0.29) is 10.8 Å². The molecule has 1 saturated carbocycles. The zero-order chi connectivity index (χ0) is 23.8. The quantitative estimate of drug-likeness (QED) is 0.279. The number of aromatic nitrogens is 1. The highest BCUT2D eigenvalue weighted by Crippen LogP contribution is 2.50. The molecule has 0 radical (unpaired) electrons. The van der Waals surface area contributed by atoms with E-state index < -0.39 is 0 Å². The summed E-state index contributed by atoms with van der Waals surface area (Å²) in [6.07, 6.45) is 10.2. The molecule has 0 bridgehead atoms. The lowest BCUT2D eigenvalue weighted by atomic mass is 9.63. The van der Waals surface area contributed by atoms with E-state index in [2.05, 4.69) is 88.8 Å². The van der Waals surface area contributed by atoms with Gasteiger partial charge >= 0.3 is 0 Å². The molecule has 2 aliphatic carbocycles. The molecule has 0 amide bonds. The number of aryl methyl sites for hydroxylation is 2. The minimum atomic E-state index is 0.112. The van der Waals surface area contributed by atoms with Gasteiger partial charge < -0.3 is 4.42 Å². The van der Waals surface area contributed by atoms with E-state index in [1.54, 1.807) is 0 Å². The van der Waals surface area contributed by atoms with Crippen LogP contribution in [0.5, 0.6) is 0 Å². The Balaban J connectivity index is 1.60. The average Bonchev–Trinajstić information content (AvgIpc) is 3.45. The van der Waals surface area contributed by atoms with Crippen molar-refractivity contribution in [2.75, 3.05) is 0 Å². The molecule has 0 atom stereocenters. The van der Waals surface area contributed by atoms with E-state index >= 15 is 0 Å². The van der Waals surface area contributed by atoms with Gasteiger partial charge in [-0.1, -0.05) is 64.8 Å². The summed E-state index contributed by atoms with van der Waals surface area (Å²) < 4.78 is 9.24. The molecule has 2 aliphatic rings. The Hall–Kier alpha value is -2.61. The number of hydrogen-bond acceptors (Lipinski definition) is 1. The fourth-order valence-electron chi connectivity index (χ4n) is 6.83. The van der Waals surface area contributed by atoms with Crippen molar-refractivity contribution >= 4 is 21.9 Å². The molecule has 6 rings (SSSR count). The van der Waals surface area contributed by atoms with Crippen molar-refractivity contribution in [3.63, 3.8) is 0 Å². The van der Waals surface area contributed by atoms with Gasteiger partial charge in [-0.15, -0.1) is 0 Å². The molecule has 0 aliphatic heterocycles. The molecule has 0 spiro atoms. The number of hydrogen-bond donors (Lipinski definition) is 0. The van der Waals surface area contributed by atoms with Gasteiger partial charge in [-0.05, 0) is 66.5 Å². The molecule has 2 heterocycles. The van der Waals surface area contributed by atoms with Crippen LogP contribution in [0, 0.1) is 6.92 Å². The van der Waals surface area contributed by atoms with Crippen molar-refractivity contribution in [1.82, 2.24) is 0 Å². The molecular formula is C32H38NO+. The van der Waals surface area contributed by atoms with Gasteiger partial charge in [-0.3, -0.25) is 0 Å². The third-order valence-electron chi connectivity index (χ3n) is 9.04. The van der Waals surface area contributed by atoms with E-state index in [1.807, 2.05) is 0 Å². The van der Waals surface area contributed by atoms with Gasteiger partial charge in [0.05, 0.1) is 5.56 Å². The lowest BCUT2D eigenvalue weighted by molar-refractivity contribution is -0.660. The maximum absolute atomic E-state index is 6.92. The number of pyridine rings is 1. The normalized spacial score (nSPS) is 19.7. The third-order valence-corrected chi connectivity index (χ3v) is 9.04. The lowest BCUT2D eigenvalue weighted by Crippen LogP contribution is -2.33. The fraction of sp³-hybridized carbons (Fsp3) is 0.469. The Bertz CT molecular complexity index is 1430. The smallest absolute Gasteiger partial charge is 0.216 e. The topological polar surface area (TPSA) is 17.0 Å². The highest BCUT2D eigenvalue weighted by Gasteiger charge is 2.39. The monoisotopic (exact) mass is 452 g/mol. The first-order valence-corrected chi connectivity index (χ1v) is 13.2. The summed E-state index contributed by atoms with van der Waals surface area (Å²) in [5.74, 6) is 0.723. The number of nitrogens with zero attached hydrogens (tertiary/aromatic N) is 1. The second-order valence-electron chi connectivity index (χ2n) is 12.3.